The van der Waals surface area contributed by atoms with Crippen LogP contribution in [0.2, 0.25) is 25.7 Å². The molecule has 3 N–H and O–H groups in total. The van der Waals surface area contributed by atoms with E-state index in [0.29, 0.717) is 25.5 Å². The number of ether oxygens (including phenoxy) is 1. The van der Waals surface area contributed by atoms with E-state index in [1.165, 1.54) is 4.31 Å². The molecule has 0 aliphatic carbocycles. The Labute approximate surface area is 173 Å². The number of nitrogens with zero attached hydrogens (tertiary/aromatic N) is 3. The van der Waals surface area contributed by atoms with Crippen molar-refractivity contribution in [3.05, 3.63) is 10.8 Å². The number of hydrogen-bond donors (Lipinski definition) is 3. The molecule has 0 unspecified atom stereocenters. The molecule has 1 fully saturated rings. The van der Waals surface area contributed by atoms with Gasteiger partial charge in [0.15, 0.2) is 10.6 Å². The van der Waals surface area contributed by atoms with E-state index in [1.54, 1.807) is 13.0 Å². The summed E-state index contributed by atoms with van der Waals surface area (Å²) in [4.78, 5) is 7.08. The highest BCUT2D eigenvalue weighted by Gasteiger charge is 2.35. The summed E-state index contributed by atoms with van der Waals surface area (Å²) in [7, 11) is -5.03. The lowest BCUT2D eigenvalue weighted by atomic mass is 10.3. The number of nitrogens with one attached hydrogen (secondary N) is 2. The molecular weight excluding hydrogens is 418 g/mol. The highest BCUT2D eigenvalue weighted by atomic mass is 32.2. The third-order valence-electron chi connectivity index (χ3n) is 4.29. The van der Waals surface area contributed by atoms with E-state index in [1.807, 2.05) is 0 Å². The molecule has 1 aromatic rings. The molecule has 2 rings (SSSR count). The number of anilines is 2. The lowest BCUT2D eigenvalue weighted by molar-refractivity contribution is 0.154. The van der Waals surface area contributed by atoms with Crippen LogP contribution in [0.5, 0.6) is 0 Å². The molecule has 0 saturated carbocycles. The Morgan fingerprint density at radius 3 is 2.68 bits per heavy atom. The smallest absolute Gasteiger partial charge is 0.307 e. The minimum atomic E-state index is -3.75. The Morgan fingerprint density at radius 2 is 2.14 bits per heavy atom. The fourth-order valence-electron chi connectivity index (χ4n) is 2.40. The predicted molar refractivity (Wildman–Crippen MR) is 116 cm³/mol. The van der Waals surface area contributed by atoms with Gasteiger partial charge in [0.25, 0.3) is 0 Å². The second kappa shape index (κ2) is 9.63. The third kappa shape index (κ3) is 6.49. The third-order valence-corrected chi connectivity index (χ3v) is 8.05. The molecule has 0 bridgehead atoms. The van der Waals surface area contributed by atoms with Crippen molar-refractivity contribution < 1.29 is 18.3 Å². The van der Waals surface area contributed by atoms with Gasteiger partial charge in [0, 0.05) is 39.9 Å². The Bertz CT molecular complexity index is 808. The van der Waals surface area contributed by atoms with Crippen molar-refractivity contribution in [3.63, 3.8) is 0 Å². The maximum atomic E-state index is 13.0. The average Bonchev–Trinajstić information content (AvgIpc) is 2.50. The van der Waals surface area contributed by atoms with Gasteiger partial charge in [-0.15, -0.1) is 0 Å². The number of hydrogen-bond acceptors (Lipinski definition) is 7. The van der Waals surface area contributed by atoms with E-state index in [2.05, 4.69) is 34.9 Å². The molecule has 0 spiro atoms. The molecule has 1 aliphatic heterocycles. The first-order valence-corrected chi connectivity index (χ1v) is 14.9. The van der Waals surface area contributed by atoms with Crippen LogP contribution in [-0.4, -0.2) is 74.9 Å². The summed E-state index contributed by atoms with van der Waals surface area (Å²) in [5, 5.41) is 12.3. The second-order valence-electron chi connectivity index (χ2n) is 8.14. The molecule has 0 radical (unpaired) electrons. The maximum Gasteiger partial charge on any atom is 0.307 e. The van der Waals surface area contributed by atoms with E-state index >= 15 is 0 Å². The van der Waals surface area contributed by atoms with Crippen LogP contribution in [0, 0.1) is 4.77 Å². The molecule has 9 nitrogen and oxygen atoms in total. The predicted octanol–water partition coefficient (Wildman–Crippen LogP) is 2.00. The number of aliphatic hydroxyl groups excluding tert-OH is 1. The number of H-pyrrole nitrogens is 1. The number of aromatic amines is 1. The van der Waals surface area contributed by atoms with Gasteiger partial charge in [-0.3, -0.25) is 0 Å². The molecule has 0 aromatic carbocycles. The van der Waals surface area contributed by atoms with Gasteiger partial charge < -0.3 is 20.1 Å². The number of rotatable bonds is 11. The highest BCUT2D eigenvalue weighted by molar-refractivity contribution is 7.90. The SMILES string of the molecule is C[C@H](CO)Nc1cc(N(COCC[Si](C)(C)C)S(=O)(=O)N2CCC2)nc(=S)[nH]1. The zero-order chi connectivity index (χ0) is 20.9. The van der Waals surface area contributed by atoms with Crippen LogP contribution in [0.15, 0.2) is 6.07 Å². The molecule has 1 aromatic heterocycles. The van der Waals surface area contributed by atoms with E-state index in [-0.39, 0.29) is 30.0 Å². The van der Waals surface area contributed by atoms with Gasteiger partial charge in [0.05, 0.1) is 6.61 Å². The topological polar surface area (TPSA) is 111 Å². The molecule has 1 aliphatic rings. The summed E-state index contributed by atoms with van der Waals surface area (Å²) in [6.07, 6.45) is 0.840. The normalized spacial score (nSPS) is 16.5. The standard InChI is InChI=1S/C16H31N5O4S2Si/c1-13(11-22)17-14-10-15(19-16(26)18-14)21(12-25-8-9-28(2,3)4)27(23,24)20-6-5-7-20/h10,13,22H,5-9,11-12H2,1-4H3,(H2,17,18,19,26)/t13-/m1/s1. The number of aromatic nitrogens is 2. The molecule has 12 heteroatoms. The van der Waals surface area contributed by atoms with Crippen molar-refractivity contribution in [2.75, 3.05) is 42.7 Å². The quantitative estimate of drug-likeness (QED) is 0.205. The van der Waals surface area contributed by atoms with Gasteiger partial charge >= 0.3 is 10.2 Å². The summed E-state index contributed by atoms with van der Waals surface area (Å²) in [5.41, 5.74) is 0. The van der Waals surface area contributed by atoms with Crippen LogP contribution in [0.1, 0.15) is 13.3 Å². The Morgan fingerprint density at radius 1 is 1.46 bits per heavy atom. The van der Waals surface area contributed by atoms with Gasteiger partial charge in [-0.05, 0) is 31.6 Å². The summed E-state index contributed by atoms with van der Waals surface area (Å²) in [6.45, 7) is 9.78. The van der Waals surface area contributed by atoms with Crippen molar-refractivity contribution in [2.45, 2.75) is 45.1 Å². The summed E-state index contributed by atoms with van der Waals surface area (Å²) in [5.74, 6) is 0.679. The molecular formula is C16H31N5O4S2Si. The largest absolute Gasteiger partial charge is 0.394 e. The summed E-state index contributed by atoms with van der Waals surface area (Å²) in [6, 6.07) is 2.28. The van der Waals surface area contributed by atoms with Crippen molar-refractivity contribution >= 4 is 42.1 Å². The first-order valence-electron chi connectivity index (χ1n) is 9.37. The Hall–Kier alpha value is -1.05. The summed E-state index contributed by atoms with van der Waals surface area (Å²) >= 11 is 5.17. The molecule has 0 amide bonds. The van der Waals surface area contributed by atoms with Crippen molar-refractivity contribution in [1.29, 1.82) is 0 Å². The van der Waals surface area contributed by atoms with Gasteiger partial charge in [0.2, 0.25) is 0 Å². The Balaban J connectivity index is 2.26. The molecule has 1 saturated heterocycles. The lowest BCUT2D eigenvalue weighted by Gasteiger charge is -2.35. The number of aliphatic hydroxyl groups is 1. The monoisotopic (exact) mass is 449 g/mol. The zero-order valence-electron chi connectivity index (χ0n) is 16.9. The second-order valence-corrected chi connectivity index (χ2v) is 16.0. The molecule has 2 heterocycles. The van der Waals surface area contributed by atoms with Crippen LogP contribution < -0.4 is 9.62 Å². The minimum absolute atomic E-state index is 0.0755. The Kier molecular flexibility index (Phi) is 7.99. The first kappa shape index (κ1) is 23.2. The van der Waals surface area contributed by atoms with E-state index < -0.39 is 18.3 Å². The fraction of sp³-hybridized carbons (Fsp3) is 0.750. The van der Waals surface area contributed by atoms with E-state index in [9.17, 15) is 13.5 Å². The van der Waals surface area contributed by atoms with Gasteiger partial charge in [-0.2, -0.15) is 12.7 Å². The van der Waals surface area contributed by atoms with Gasteiger partial charge in [-0.1, -0.05) is 19.6 Å². The van der Waals surface area contributed by atoms with Crippen LogP contribution >= 0.6 is 12.2 Å². The van der Waals surface area contributed by atoms with Crippen molar-refractivity contribution in [3.8, 4) is 0 Å². The molecule has 160 valence electrons. The summed E-state index contributed by atoms with van der Waals surface area (Å²) < 4.78 is 34.5. The molecule has 28 heavy (non-hydrogen) atoms. The van der Waals surface area contributed by atoms with Crippen LogP contribution in [-0.2, 0) is 14.9 Å². The highest BCUT2D eigenvalue weighted by Crippen LogP contribution is 2.24. The lowest BCUT2D eigenvalue weighted by Crippen LogP contribution is -2.51. The first-order chi connectivity index (χ1) is 13.0. The van der Waals surface area contributed by atoms with Crippen LogP contribution in [0.4, 0.5) is 11.6 Å². The van der Waals surface area contributed by atoms with E-state index in [4.69, 9.17) is 17.0 Å². The van der Waals surface area contributed by atoms with Gasteiger partial charge in [0.1, 0.15) is 12.5 Å². The molecule has 1 atom stereocenters. The van der Waals surface area contributed by atoms with E-state index in [0.717, 1.165) is 16.8 Å². The van der Waals surface area contributed by atoms with Crippen molar-refractivity contribution in [2.24, 2.45) is 0 Å². The van der Waals surface area contributed by atoms with Crippen LogP contribution in [0.25, 0.3) is 0 Å². The van der Waals surface area contributed by atoms with Gasteiger partial charge in [-0.25, -0.2) is 9.29 Å². The maximum absolute atomic E-state index is 13.0. The average molecular weight is 450 g/mol. The van der Waals surface area contributed by atoms with Crippen molar-refractivity contribution in [1.82, 2.24) is 14.3 Å². The van der Waals surface area contributed by atoms with Crippen LogP contribution in [0.3, 0.4) is 0 Å². The fourth-order valence-corrected chi connectivity index (χ4v) is 4.89. The minimum Gasteiger partial charge on any atom is -0.394 e. The zero-order valence-corrected chi connectivity index (χ0v) is 19.6.